The first-order valence-electron chi connectivity index (χ1n) is 6.29. The zero-order valence-corrected chi connectivity index (χ0v) is 11.4. The predicted octanol–water partition coefficient (Wildman–Crippen LogP) is 3.53. The fourth-order valence-corrected chi connectivity index (χ4v) is 2.23. The molecule has 112 valence electrons. The van der Waals surface area contributed by atoms with Crippen molar-refractivity contribution in [1.82, 2.24) is 0 Å². The molecule has 22 heavy (non-hydrogen) atoms. The second kappa shape index (κ2) is 6.04. The van der Waals surface area contributed by atoms with Gasteiger partial charge in [-0.25, -0.2) is 0 Å². The Kier molecular flexibility index (Phi) is 4.17. The van der Waals surface area contributed by atoms with Crippen molar-refractivity contribution in [3.05, 3.63) is 86.5 Å². The second-order valence-corrected chi connectivity index (χ2v) is 4.53. The first-order chi connectivity index (χ1) is 10.5. The van der Waals surface area contributed by atoms with Crippen molar-refractivity contribution in [3.8, 4) is 5.75 Å². The molecule has 7 heteroatoms. The molecule has 1 N–H and O–H groups in total. The summed E-state index contributed by atoms with van der Waals surface area (Å²) in [7, 11) is 0. The molecule has 7 nitrogen and oxygen atoms in total. The van der Waals surface area contributed by atoms with Crippen LogP contribution in [0.4, 0.5) is 11.4 Å². The maximum absolute atomic E-state index is 11.0. The number of rotatable bonds is 5. The zero-order chi connectivity index (χ0) is 16.3. The van der Waals surface area contributed by atoms with Crippen molar-refractivity contribution in [2.24, 2.45) is 0 Å². The minimum Gasteiger partial charge on any atom is -0.508 e. The van der Waals surface area contributed by atoms with E-state index in [0.29, 0.717) is 11.1 Å². The van der Waals surface area contributed by atoms with E-state index in [4.69, 9.17) is 0 Å². The van der Waals surface area contributed by atoms with Crippen LogP contribution in [0.3, 0.4) is 0 Å². The number of phenols is 1. The molecule has 0 aliphatic carbocycles. The molecule has 0 aliphatic heterocycles. The Morgan fingerprint density at radius 2 is 1.68 bits per heavy atom. The summed E-state index contributed by atoms with van der Waals surface area (Å²) in [5, 5.41) is 31.8. The molecule has 2 aromatic rings. The van der Waals surface area contributed by atoms with Gasteiger partial charge in [-0.05, 0) is 11.6 Å². The number of nitro benzene ring substituents is 2. The van der Waals surface area contributed by atoms with Gasteiger partial charge in [0.2, 0.25) is 0 Å². The monoisotopic (exact) mass is 300 g/mol. The molecule has 1 unspecified atom stereocenters. The van der Waals surface area contributed by atoms with Crippen LogP contribution in [0.1, 0.15) is 17.0 Å². The van der Waals surface area contributed by atoms with Gasteiger partial charge in [-0.2, -0.15) is 0 Å². The highest BCUT2D eigenvalue weighted by Gasteiger charge is 2.26. The van der Waals surface area contributed by atoms with Crippen LogP contribution >= 0.6 is 0 Å². The summed E-state index contributed by atoms with van der Waals surface area (Å²) in [5.74, 6) is -0.492. The molecule has 0 aromatic heterocycles. The summed E-state index contributed by atoms with van der Waals surface area (Å²) in [4.78, 5) is 20.3. The van der Waals surface area contributed by atoms with E-state index in [0.717, 1.165) is 12.1 Å². The first kappa shape index (κ1) is 15.2. The molecule has 0 bridgehead atoms. The van der Waals surface area contributed by atoms with E-state index in [9.17, 15) is 25.3 Å². The fourth-order valence-electron chi connectivity index (χ4n) is 2.23. The number of nitrogens with zero attached hydrogens (tertiary/aromatic N) is 2. The molecule has 0 spiro atoms. The van der Waals surface area contributed by atoms with E-state index in [1.165, 1.54) is 18.2 Å². The lowest BCUT2D eigenvalue weighted by Crippen LogP contribution is -2.02. The lowest BCUT2D eigenvalue weighted by atomic mass is 9.90. The molecular weight excluding hydrogens is 288 g/mol. The average Bonchev–Trinajstić information content (AvgIpc) is 2.49. The van der Waals surface area contributed by atoms with Gasteiger partial charge in [-0.15, -0.1) is 6.58 Å². The summed E-state index contributed by atoms with van der Waals surface area (Å²) >= 11 is 0. The van der Waals surface area contributed by atoms with Gasteiger partial charge < -0.3 is 5.11 Å². The molecule has 0 aliphatic rings. The van der Waals surface area contributed by atoms with E-state index < -0.39 is 27.1 Å². The predicted molar refractivity (Wildman–Crippen MR) is 79.9 cm³/mol. The molecule has 2 aromatic carbocycles. The van der Waals surface area contributed by atoms with Crippen LogP contribution in [-0.4, -0.2) is 15.0 Å². The van der Waals surface area contributed by atoms with Crippen LogP contribution in [-0.2, 0) is 0 Å². The third-order valence-electron chi connectivity index (χ3n) is 3.26. The number of allylic oxidation sites excluding steroid dienone is 1. The van der Waals surface area contributed by atoms with Crippen molar-refractivity contribution in [3.63, 3.8) is 0 Å². The van der Waals surface area contributed by atoms with Crippen LogP contribution in [0.25, 0.3) is 0 Å². The van der Waals surface area contributed by atoms with E-state index in [1.54, 1.807) is 18.2 Å². The molecule has 0 radical (unpaired) electrons. The molecule has 0 amide bonds. The van der Waals surface area contributed by atoms with Gasteiger partial charge in [0.15, 0.2) is 0 Å². The molecule has 0 saturated carbocycles. The normalized spacial score (nSPS) is 11.6. The second-order valence-electron chi connectivity index (χ2n) is 4.53. The van der Waals surface area contributed by atoms with Gasteiger partial charge in [0.05, 0.1) is 9.85 Å². The van der Waals surface area contributed by atoms with Crippen LogP contribution in [0.2, 0.25) is 0 Å². The summed E-state index contributed by atoms with van der Waals surface area (Å²) in [5.41, 5.74) is -0.215. The lowest BCUT2D eigenvalue weighted by Gasteiger charge is -2.14. The van der Waals surface area contributed by atoms with Crippen LogP contribution in [0.5, 0.6) is 5.75 Å². The quantitative estimate of drug-likeness (QED) is 0.516. The summed E-state index contributed by atoms with van der Waals surface area (Å²) < 4.78 is 0. The van der Waals surface area contributed by atoms with Crippen molar-refractivity contribution in [2.45, 2.75) is 5.92 Å². The average molecular weight is 300 g/mol. The summed E-state index contributed by atoms with van der Waals surface area (Å²) in [6.45, 7) is 3.67. The highest BCUT2D eigenvalue weighted by molar-refractivity contribution is 5.57. The number of phenolic OH excluding ortho intramolecular Hbond substituents is 1. The van der Waals surface area contributed by atoms with Crippen molar-refractivity contribution < 1.29 is 15.0 Å². The lowest BCUT2D eigenvalue weighted by molar-refractivity contribution is -0.422. The Bertz CT molecular complexity index is 757. The maximum Gasteiger partial charge on any atom is 0.346 e. The number of nitro groups is 2. The van der Waals surface area contributed by atoms with Crippen molar-refractivity contribution in [2.75, 3.05) is 0 Å². The highest BCUT2D eigenvalue weighted by Crippen LogP contribution is 2.36. The molecular formula is C15H12N2O5. The van der Waals surface area contributed by atoms with Crippen molar-refractivity contribution >= 4 is 11.4 Å². The van der Waals surface area contributed by atoms with Gasteiger partial charge in [0.1, 0.15) is 5.75 Å². The number of hydrogen-bond acceptors (Lipinski definition) is 5. The van der Waals surface area contributed by atoms with Crippen LogP contribution in [0, 0.1) is 20.2 Å². The van der Waals surface area contributed by atoms with Gasteiger partial charge >= 0.3 is 11.4 Å². The Morgan fingerprint density at radius 1 is 1.05 bits per heavy atom. The van der Waals surface area contributed by atoms with E-state index in [1.807, 2.05) is 0 Å². The van der Waals surface area contributed by atoms with E-state index >= 15 is 0 Å². The number of hydrogen-bond donors (Lipinski definition) is 1. The van der Waals surface area contributed by atoms with Gasteiger partial charge in [0, 0.05) is 23.6 Å². The van der Waals surface area contributed by atoms with Crippen molar-refractivity contribution in [1.29, 1.82) is 0 Å². The fraction of sp³-hybridized carbons (Fsp3) is 0.0667. The number of aromatic hydroxyl groups is 1. The highest BCUT2D eigenvalue weighted by atomic mass is 16.6. The molecule has 0 fully saturated rings. The number of para-hydroxylation sites is 1. The van der Waals surface area contributed by atoms with Gasteiger partial charge in [0.25, 0.3) is 0 Å². The maximum atomic E-state index is 11.0. The largest absolute Gasteiger partial charge is 0.508 e. The Labute approximate surface area is 125 Å². The Morgan fingerprint density at radius 3 is 2.23 bits per heavy atom. The zero-order valence-electron chi connectivity index (χ0n) is 11.4. The smallest absolute Gasteiger partial charge is 0.346 e. The van der Waals surface area contributed by atoms with E-state index in [2.05, 4.69) is 6.58 Å². The SMILES string of the molecule is C=CC(c1ccc([N+](=O)[O-])c([N+](=O)[O-])c1)c1ccccc1O. The summed E-state index contributed by atoms with van der Waals surface area (Å²) in [6, 6.07) is 10.2. The van der Waals surface area contributed by atoms with Crippen LogP contribution in [0.15, 0.2) is 55.1 Å². The number of benzene rings is 2. The minimum atomic E-state index is -0.801. The van der Waals surface area contributed by atoms with Crippen LogP contribution < -0.4 is 0 Å². The van der Waals surface area contributed by atoms with Gasteiger partial charge in [-0.3, -0.25) is 20.2 Å². The molecule has 0 heterocycles. The summed E-state index contributed by atoms with van der Waals surface area (Å²) in [6.07, 6.45) is 1.51. The third kappa shape index (κ3) is 2.78. The molecule has 2 rings (SSSR count). The Balaban J connectivity index is 2.58. The topological polar surface area (TPSA) is 107 Å². The van der Waals surface area contributed by atoms with E-state index in [-0.39, 0.29) is 5.75 Å². The molecule has 1 atom stereocenters. The first-order valence-corrected chi connectivity index (χ1v) is 6.29. The Hall–Kier alpha value is -3.22. The van der Waals surface area contributed by atoms with Gasteiger partial charge in [-0.1, -0.05) is 30.3 Å². The third-order valence-corrected chi connectivity index (χ3v) is 3.26. The minimum absolute atomic E-state index is 0.0217. The standard InChI is InChI=1S/C15H12N2O5/c1-2-11(12-5-3-4-6-15(12)18)10-7-8-13(16(19)20)14(9-10)17(21)22/h2-9,11,18H,1H2. The molecule has 0 saturated heterocycles.